The van der Waals surface area contributed by atoms with E-state index in [2.05, 4.69) is 5.32 Å². The largest absolute Gasteiger partial charge is 0.416 e. The molecule has 0 atom stereocenters. The zero-order chi connectivity index (χ0) is 15.3. The van der Waals surface area contributed by atoms with E-state index in [1.165, 1.54) is 5.56 Å². The first-order chi connectivity index (χ1) is 9.95. The molecule has 4 heteroatoms. The molecule has 112 valence electrons. The third-order valence-electron chi connectivity index (χ3n) is 3.30. The van der Waals surface area contributed by atoms with Crippen LogP contribution in [0.5, 0.6) is 0 Å². The van der Waals surface area contributed by atoms with Crippen LogP contribution in [0.1, 0.15) is 23.1 Å². The third-order valence-corrected chi connectivity index (χ3v) is 3.30. The summed E-state index contributed by atoms with van der Waals surface area (Å²) in [4.78, 5) is 0. The Kier molecular flexibility index (Phi) is 4.89. The number of aryl methyl sites for hydroxylation is 2. The van der Waals surface area contributed by atoms with Crippen LogP contribution in [0.3, 0.4) is 0 Å². The average molecular weight is 293 g/mol. The van der Waals surface area contributed by atoms with Gasteiger partial charge in [0, 0.05) is 12.2 Å². The van der Waals surface area contributed by atoms with E-state index in [1.54, 1.807) is 12.1 Å². The lowest BCUT2D eigenvalue weighted by atomic mass is 10.1. The maximum atomic E-state index is 12.4. The molecule has 2 aromatic rings. The van der Waals surface area contributed by atoms with Crippen molar-refractivity contribution in [3.63, 3.8) is 0 Å². The minimum Gasteiger partial charge on any atom is -0.385 e. The molecule has 0 spiro atoms. The van der Waals surface area contributed by atoms with Crippen LogP contribution < -0.4 is 5.32 Å². The Morgan fingerprint density at radius 1 is 0.905 bits per heavy atom. The first kappa shape index (κ1) is 15.4. The van der Waals surface area contributed by atoms with Gasteiger partial charge < -0.3 is 5.32 Å². The number of hydrogen-bond donors (Lipinski definition) is 1. The van der Waals surface area contributed by atoms with Gasteiger partial charge in [0.1, 0.15) is 0 Å². The molecule has 0 unspecified atom stereocenters. The number of hydrogen-bond acceptors (Lipinski definition) is 1. The zero-order valence-corrected chi connectivity index (χ0v) is 11.9. The maximum absolute atomic E-state index is 12.4. The summed E-state index contributed by atoms with van der Waals surface area (Å²) >= 11 is 0. The minimum atomic E-state index is -4.26. The van der Waals surface area contributed by atoms with Gasteiger partial charge in [-0.1, -0.05) is 29.8 Å². The lowest BCUT2D eigenvalue weighted by Crippen LogP contribution is -2.05. The molecular formula is C17H18F3N. The van der Waals surface area contributed by atoms with Gasteiger partial charge in [-0.2, -0.15) is 13.2 Å². The van der Waals surface area contributed by atoms with Crippen LogP contribution in [0, 0.1) is 6.92 Å². The Bertz CT molecular complexity index is 556. The van der Waals surface area contributed by atoms with E-state index in [-0.39, 0.29) is 0 Å². The summed E-state index contributed by atoms with van der Waals surface area (Å²) in [5.74, 6) is 0. The molecule has 0 bridgehead atoms. The molecule has 0 aromatic heterocycles. The molecule has 0 saturated heterocycles. The van der Waals surface area contributed by atoms with Crippen LogP contribution in [0.4, 0.5) is 18.9 Å². The summed E-state index contributed by atoms with van der Waals surface area (Å²) < 4.78 is 37.3. The Morgan fingerprint density at radius 3 is 2.10 bits per heavy atom. The fourth-order valence-corrected chi connectivity index (χ4v) is 2.06. The SMILES string of the molecule is Cc1ccc(NCCCc2ccc(C(F)(F)F)cc2)cc1. The van der Waals surface area contributed by atoms with E-state index in [0.29, 0.717) is 0 Å². The molecule has 0 aliphatic carbocycles. The second-order valence-corrected chi connectivity index (χ2v) is 5.09. The van der Waals surface area contributed by atoms with Gasteiger partial charge in [-0.05, 0) is 49.6 Å². The number of halogens is 3. The molecule has 2 aromatic carbocycles. The van der Waals surface area contributed by atoms with E-state index < -0.39 is 11.7 Å². The predicted octanol–water partition coefficient (Wildman–Crippen LogP) is 5.06. The normalized spacial score (nSPS) is 11.4. The van der Waals surface area contributed by atoms with Crippen LogP contribution in [0.2, 0.25) is 0 Å². The quantitative estimate of drug-likeness (QED) is 0.760. The summed E-state index contributed by atoms with van der Waals surface area (Å²) in [5.41, 5.74) is 2.61. The Hall–Kier alpha value is -1.97. The second-order valence-electron chi connectivity index (χ2n) is 5.09. The molecule has 2 rings (SSSR count). The van der Waals surface area contributed by atoms with Crippen molar-refractivity contribution in [2.45, 2.75) is 25.9 Å². The van der Waals surface area contributed by atoms with Crippen molar-refractivity contribution < 1.29 is 13.2 Å². The average Bonchev–Trinajstić information content (AvgIpc) is 2.45. The summed E-state index contributed by atoms with van der Waals surface area (Å²) in [5, 5.41) is 3.30. The predicted molar refractivity (Wildman–Crippen MR) is 79.4 cm³/mol. The smallest absolute Gasteiger partial charge is 0.385 e. The molecular weight excluding hydrogens is 275 g/mol. The minimum absolute atomic E-state index is 0.593. The van der Waals surface area contributed by atoms with Crippen molar-refractivity contribution in [2.24, 2.45) is 0 Å². The van der Waals surface area contributed by atoms with Gasteiger partial charge in [-0.25, -0.2) is 0 Å². The van der Waals surface area contributed by atoms with Crippen LogP contribution in [0.25, 0.3) is 0 Å². The molecule has 0 heterocycles. The first-order valence-electron chi connectivity index (χ1n) is 6.92. The first-order valence-corrected chi connectivity index (χ1v) is 6.92. The fraction of sp³-hybridized carbons (Fsp3) is 0.294. The van der Waals surface area contributed by atoms with Crippen molar-refractivity contribution in [1.29, 1.82) is 0 Å². The number of alkyl halides is 3. The van der Waals surface area contributed by atoms with Crippen molar-refractivity contribution in [3.8, 4) is 0 Å². The van der Waals surface area contributed by atoms with Gasteiger partial charge in [-0.15, -0.1) is 0 Å². The van der Waals surface area contributed by atoms with Gasteiger partial charge in [0.25, 0.3) is 0 Å². The third kappa shape index (κ3) is 4.81. The van der Waals surface area contributed by atoms with Gasteiger partial charge in [0.05, 0.1) is 5.56 Å². The summed E-state index contributed by atoms with van der Waals surface area (Å²) in [6.07, 6.45) is -2.62. The van der Waals surface area contributed by atoms with Crippen LogP contribution in [0.15, 0.2) is 48.5 Å². The monoisotopic (exact) mass is 293 g/mol. The van der Waals surface area contributed by atoms with Gasteiger partial charge in [0.2, 0.25) is 0 Å². The highest BCUT2D eigenvalue weighted by Gasteiger charge is 2.29. The number of benzene rings is 2. The van der Waals surface area contributed by atoms with Crippen molar-refractivity contribution in [1.82, 2.24) is 0 Å². The number of rotatable bonds is 5. The fourth-order valence-electron chi connectivity index (χ4n) is 2.06. The van der Waals surface area contributed by atoms with Gasteiger partial charge in [0.15, 0.2) is 0 Å². The number of anilines is 1. The highest BCUT2D eigenvalue weighted by atomic mass is 19.4. The van der Waals surface area contributed by atoms with Crippen molar-refractivity contribution >= 4 is 5.69 Å². The molecule has 0 aliphatic rings. The molecule has 0 fully saturated rings. The lowest BCUT2D eigenvalue weighted by Gasteiger charge is -2.09. The standard InChI is InChI=1S/C17H18F3N/c1-13-4-10-16(11-5-13)21-12-2-3-14-6-8-15(9-7-14)17(18,19)20/h4-11,21H,2-3,12H2,1H3. The van der Waals surface area contributed by atoms with Gasteiger partial charge >= 0.3 is 6.18 Å². The van der Waals surface area contributed by atoms with Crippen molar-refractivity contribution in [2.75, 3.05) is 11.9 Å². The molecule has 21 heavy (non-hydrogen) atoms. The van der Waals surface area contributed by atoms with Gasteiger partial charge in [-0.3, -0.25) is 0 Å². The highest BCUT2D eigenvalue weighted by molar-refractivity contribution is 5.44. The lowest BCUT2D eigenvalue weighted by molar-refractivity contribution is -0.137. The van der Waals surface area contributed by atoms with Crippen LogP contribution in [-0.4, -0.2) is 6.54 Å². The molecule has 0 aliphatic heterocycles. The van der Waals surface area contributed by atoms with Crippen molar-refractivity contribution in [3.05, 3.63) is 65.2 Å². The zero-order valence-electron chi connectivity index (χ0n) is 11.9. The van der Waals surface area contributed by atoms with E-state index in [4.69, 9.17) is 0 Å². The Balaban J connectivity index is 1.77. The molecule has 1 N–H and O–H groups in total. The topological polar surface area (TPSA) is 12.0 Å². The summed E-state index contributed by atoms with van der Waals surface area (Å²) in [7, 11) is 0. The number of nitrogens with one attached hydrogen (secondary N) is 1. The van der Waals surface area contributed by atoms with E-state index in [9.17, 15) is 13.2 Å². The molecule has 0 saturated carbocycles. The molecule has 1 nitrogen and oxygen atoms in total. The summed E-state index contributed by atoms with van der Waals surface area (Å²) in [6, 6.07) is 13.5. The summed E-state index contributed by atoms with van der Waals surface area (Å²) in [6.45, 7) is 2.83. The van der Waals surface area contributed by atoms with Crippen LogP contribution in [-0.2, 0) is 12.6 Å². The van der Waals surface area contributed by atoms with E-state index in [0.717, 1.165) is 42.8 Å². The van der Waals surface area contributed by atoms with E-state index in [1.807, 2.05) is 31.2 Å². The molecule has 0 amide bonds. The Morgan fingerprint density at radius 2 is 1.52 bits per heavy atom. The Labute approximate surface area is 122 Å². The molecule has 0 radical (unpaired) electrons. The highest BCUT2D eigenvalue weighted by Crippen LogP contribution is 2.29. The van der Waals surface area contributed by atoms with Crippen LogP contribution >= 0.6 is 0 Å². The maximum Gasteiger partial charge on any atom is 0.416 e. The van der Waals surface area contributed by atoms with E-state index >= 15 is 0 Å². The second kappa shape index (κ2) is 6.66.